The summed E-state index contributed by atoms with van der Waals surface area (Å²) in [6.45, 7) is 4.20. The molecule has 1 aliphatic rings. The van der Waals surface area contributed by atoms with Crippen LogP contribution in [0.4, 0.5) is 0 Å². The van der Waals surface area contributed by atoms with Crippen molar-refractivity contribution in [2.45, 2.75) is 12.5 Å². The van der Waals surface area contributed by atoms with Gasteiger partial charge in [0.05, 0.1) is 19.3 Å². The van der Waals surface area contributed by atoms with E-state index in [0.29, 0.717) is 12.1 Å². The van der Waals surface area contributed by atoms with E-state index >= 15 is 0 Å². The molecular weight excluding hydrogens is 434 g/mol. The average molecular weight is 460 g/mol. The van der Waals surface area contributed by atoms with Crippen LogP contribution >= 0.6 is 15.9 Å². The van der Waals surface area contributed by atoms with Crippen molar-refractivity contribution in [3.05, 3.63) is 70.2 Å². The van der Waals surface area contributed by atoms with Gasteiger partial charge in [-0.1, -0.05) is 46.3 Å². The molecule has 0 spiro atoms. The van der Waals surface area contributed by atoms with Crippen molar-refractivity contribution in [1.82, 2.24) is 15.5 Å². The van der Waals surface area contributed by atoms with E-state index in [-0.39, 0.29) is 24.3 Å². The Morgan fingerprint density at radius 3 is 2.41 bits per heavy atom. The normalized spacial score (nSPS) is 15.5. The molecular formula is C22H26BrN3O3. The molecule has 0 radical (unpaired) electrons. The molecule has 6 nitrogen and oxygen atoms in total. The summed E-state index contributed by atoms with van der Waals surface area (Å²) in [6.07, 6.45) is 0.231. The highest BCUT2D eigenvalue weighted by molar-refractivity contribution is 9.10. The second kappa shape index (κ2) is 11.1. The average Bonchev–Trinajstić information content (AvgIpc) is 2.75. The predicted octanol–water partition coefficient (Wildman–Crippen LogP) is 2.76. The first-order valence-electron chi connectivity index (χ1n) is 9.80. The van der Waals surface area contributed by atoms with Crippen molar-refractivity contribution in [3.63, 3.8) is 0 Å². The van der Waals surface area contributed by atoms with Crippen molar-refractivity contribution in [2.24, 2.45) is 0 Å². The molecule has 1 atom stereocenters. The second-order valence-corrected chi connectivity index (χ2v) is 7.87. The molecule has 1 aliphatic heterocycles. The van der Waals surface area contributed by atoms with E-state index in [0.717, 1.165) is 42.9 Å². The number of morpholine rings is 1. The largest absolute Gasteiger partial charge is 0.379 e. The topological polar surface area (TPSA) is 70.7 Å². The zero-order valence-electron chi connectivity index (χ0n) is 16.3. The number of nitrogens with zero attached hydrogens (tertiary/aromatic N) is 1. The van der Waals surface area contributed by atoms with E-state index in [1.807, 2.05) is 42.5 Å². The zero-order chi connectivity index (χ0) is 20.5. The summed E-state index contributed by atoms with van der Waals surface area (Å²) in [4.78, 5) is 27.0. The van der Waals surface area contributed by atoms with E-state index in [9.17, 15) is 9.59 Å². The molecule has 2 aromatic carbocycles. The van der Waals surface area contributed by atoms with Crippen LogP contribution in [0.25, 0.3) is 0 Å². The summed E-state index contributed by atoms with van der Waals surface area (Å²) in [5.74, 6) is -0.263. The Kier molecular flexibility index (Phi) is 8.22. The number of hydrogen-bond acceptors (Lipinski definition) is 4. The number of nitrogens with one attached hydrogen (secondary N) is 2. The number of hydrogen-bond donors (Lipinski definition) is 2. The fraction of sp³-hybridized carbons (Fsp3) is 0.364. The Balaban J connectivity index is 1.51. The fourth-order valence-electron chi connectivity index (χ4n) is 3.22. The molecule has 3 rings (SSSR count). The molecule has 2 amide bonds. The lowest BCUT2D eigenvalue weighted by Gasteiger charge is -2.31. The molecule has 0 saturated carbocycles. The van der Waals surface area contributed by atoms with Crippen LogP contribution in [0, 0.1) is 0 Å². The highest BCUT2D eigenvalue weighted by Gasteiger charge is 2.20. The number of rotatable bonds is 8. The van der Waals surface area contributed by atoms with Gasteiger partial charge >= 0.3 is 0 Å². The first kappa shape index (κ1) is 21.5. The van der Waals surface area contributed by atoms with E-state index < -0.39 is 0 Å². The molecule has 1 unspecified atom stereocenters. The number of halogens is 1. The van der Waals surface area contributed by atoms with Crippen molar-refractivity contribution in [1.29, 1.82) is 0 Å². The van der Waals surface area contributed by atoms with E-state index in [4.69, 9.17) is 4.74 Å². The van der Waals surface area contributed by atoms with Crippen LogP contribution in [0.2, 0.25) is 0 Å². The Bertz CT molecular complexity index is 793. The summed E-state index contributed by atoms with van der Waals surface area (Å²) in [5.41, 5.74) is 1.65. The lowest BCUT2D eigenvalue weighted by atomic mass is 10.1. The Morgan fingerprint density at radius 1 is 1.03 bits per heavy atom. The minimum Gasteiger partial charge on any atom is -0.379 e. The minimum atomic E-state index is -0.182. The number of carbonyl (C=O) groups is 2. The van der Waals surface area contributed by atoms with Crippen LogP contribution in [0.15, 0.2) is 59.1 Å². The Morgan fingerprint density at radius 2 is 1.72 bits per heavy atom. The van der Waals surface area contributed by atoms with Gasteiger partial charge in [0.15, 0.2) is 0 Å². The third-order valence-electron chi connectivity index (χ3n) is 4.83. The van der Waals surface area contributed by atoms with Gasteiger partial charge in [-0.05, 0) is 29.8 Å². The summed E-state index contributed by atoms with van der Waals surface area (Å²) in [5, 5.41) is 5.92. The van der Waals surface area contributed by atoms with Crippen molar-refractivity contribution in [3.8, 4) is 0 Å². The van der Waals surface area contributed by atoms with E-state index in [2.05, 4.69) is 31.5 Å². The van der Waals surface area contributed by atoms with Crippen molar-refractivity contribution < 1.29 is 14.3 Å². The molecule has 2 N–H and O–H groups in total. The van der Waals surface area contributed by atoms with Gasteiger partial charge in [-0.15, -0.1) is 0 Å². The van der Waals surface area contributed by atoms with Gasteiger partial charge in [-0.2, -0.15) is 0 Å². The Hall–Kier alpha value is -2.22. The number of amides is 2. The van der Waals surface area contributed by atoms with Gasteiger partial charge in [-0.3, -0.25) is 14.5 Å². The van der Waals surface area contributed by atoms with Crippen LogP contribution < -0.4 is 10.6 Å². The fourth-order valence-corrected chi connectivity index (χ4v) is 3.49. The molecule has 7 heteroatoms. The van der Waals surface area contributed by atoms with Crippen molar-refractivity contribution in [2.75, 3.05) is 39.4 Å². The molecule has 154 valence electrons. The summed E-state index contributed by atoms with van der Waals surface area (Å²) >= 11 is 3.35. The molecule has 29 heavy (non-hydrogen) atoms. The number of benzene rings is 2. The maximum Gasteiger partial charge on any atom is 0.251 e. The minimum absolute atomic E-state index is 0.0804. The quantitative estimate of drug-likeness (QED) is 0.636. The van der Waals surface area contributed by atoms with Gasteiger partial charge < -0.3 is 15.4 Å². The molecule has 1 heterocycles. The standard InChI is InChI=1S/C22H26BrN3O3/c23-19-8-6-18(7-9-19)22(28)24-11-10-21(27)25-20(17-4-2-1-3-5-17)16-26-12-14-29-15-13-26/h1-9,20H,10-16H2,(H,24,28)(H,25,27). The number of carbonyl (C=O) groups excluding carboxylic acids is 2. The second-order valence-electron chi connectivity index (χ2n) is 6.96. The molecule has 1 saturated heterocycles. The van der Waals surface area contributed by atoms with Gasteiger partial charge in [0, 0.05) is 42.6 Å². The zero-order valence-corrected chi connectivity index (χ0v) is 17.9. The van der Waals surface area contributed by atoms with Crippen LogP contribution in [0.3, 0.4) is 0 Å². The maximum absolute atomic E-state index is 12.5. The third-order valence-corrected chi connectivity index (χ3v) is 5.35. The molecule has 1 fully saturated rings. The van der Waals surface area contributed by atoms with Gasteiger partial charge in [0.2, 0.25) is 5.91 Å². The highest BCUT2D eigenvalue weighted by Crippen LogP contribution is 2.15. The lowest BCUT2D eigenvalue weighted by Crippen LogP contribution is -2.43. The smallest absolute Gasteiger partial charge is 0.251 e. The van der Waals surface area contributed by atoms with E-state index in [1.165, 1.54) is 0 Å². The SMILES string of the molecule is O=C(CCNC(=O)c1ccc(Br)cc1)NC(CN1CCOCC1)c1ccccc1. The number of ether oxygens (including phenoxy) is 1. The third kappa shape index (κ3) is 6.96. The first-order chi connectivity index (χ1) is 14.1. The van der Waals surface area contributed by atoms with Gasteiger partial charge in [0.25, 0.3) is 5.91 Å². The molecule has 2 aromatic rings. The summed E-state index contributed by atoms with van der Waals surface area (Å²) in [7, 11) is 0. The van der Waals surface area contributed by atoms with Gasteiger partial charge in [0.1, 0.15) is 0 Å². The van der Waals surface area contributed by atoms with Gasteiger partial charge in [-0.25, -0.2) is 0 Å². The highest BCUT2D eigenvalue weighted by atomic mass is 79.9. The lowest BCUT2D eigenvalue weighted by molar-refractivity contribution is -0.121. The first-order valence-corrected chi connectivity index (χ1v) is 10.6. The predicted molar refractivity (Wildman–Crippen MR) is 116 cm³/mol. The van der Waals surface area contributed by atoms with Crippen molar-refractivity contribution >= 4 is 27.7 Å². The summed E-state index contributed by atoms with van der Waals surface area (Å²) < 4.78 is 6.33. The summed E-state index contributed by atoms with van der Waals surface area (Å²) in [6, 6.07) is 17.0. The molecule has 0 bridgehead atoms. The van der Waals surface area contributed by atoms with Crippen LogP contribution in [0.1, 0.15) is 28.4 Å². The van der Waals surface area contributed by atoms with Crippen LogP contribution in [-0.4, -0.2) is 56.1 Å². The monoisotopic (exact) mass is 459 g/mol. The Labute approximate surface area is 179 Å². The molecule has 0 aromatic heterocycles. The van der Waals surface area contributed by atoms with E-state index in [1.54, 1.807) is 12.1 Å². The van der Waals surface area contributed by atoms with Crippen LogP contribution in [-0.2, 0) is 9.53 Å². The molecule has 0 aliphatic carbocycles. The maximum atomic E-state index is 12.5. The van der Waals surface area contributed by atoms with Crippen LogP contribution in [0.5, 0.6) is 0 Å².